The maximum atomic E-state index is 15.6. The first-order valence-electron chi connectivity index (χ1n) is 23.6. The van der Waals surface area contributed by atoms with Crippen molar-refractivity contribution in [3.8, 4) is 0 Å². The van der Waals surface area contributed by atoms with Gasteiger partial charge in [0.1, 0.15) is 5.41 Å². The second-order valence-corrected chi connectivity index (χ2v) is 17.6. The standard InChI is InChI=1S/C53H78N2O4/c1-7-13-21-37-52(58,38-22-14-8-2)47(45-33-25-29-41-27-17-19-31-43(41)45)54-49(56)51(35-11-5,36-12-6)50(57)55-48(46-34-26-30-42-28-18-20-32-44(42)46)53(59,39-23-15-9-3)40-24-16-10-4/h17-20,25-34,47-48,58-59H,7-16,21-24,35-40H2,1-6H3,(H,54,56)(H,55,57)/t47-,48-/m0/s1. The molecule has 2 atom stereocenters. The molecule has 4 aromatic carbocycles. The van der Waals surface area contributed by atoms with Gasteiger partial charge < -0.3 is 20.8 Å². The van der Waals surface area contributed by atoms with E-state index in [-0.39, 0.29) is 11.8 Å². The average Bonchev–Trinajstić information content (AvgIpc) is 3.24. The van der Waals surface area contributed by atoms with Gasteiger partial charge in [0.15, 0.2) is 0 Å². The number of unbranched alkanes of at least 4 members (excludes halogenated alkanes) is 8. The summed E-state index contributed by atoms with van der Waals surface area (Å²) in [6.07, 6.45) is 15.5. The number of hydrogen-bond donors (Lipinski definition) is 4. The Balaban J connectivity index is 1.89. The first-order chi connectivity index (χ1) is 28.6. The predicted octanol–water partition coefficient (Wildman–Crippen LogP) is 13.4. The highest BCUT2D eigenvalue weighted by molar-refractivity contribution is 6.05. The van der Waals surface area contributed by atoms with Gasteiger partial charge in [0.05, 0.1) is 23.3 Å². The van der Waals surface area contributed by atoms with Crippen molar-refractivity contribution in [2.24, 2.45) is 5.41 Å². The molecule has 6 nitrogen and oxygen atoms in total. The summed E-state index contributed by atoms with van der Waals surface area (Å²) in [6.45, 7) is 12.7. The molecule has 324 valence electrons. The maximum absolute atomic E-state index is 15.6. The normalized spacial score (nSPS) is 13.4. The topological polar surface area (TPSA) is 98.7 Å². The molecule has 4 N–H and O–H groups in total. The van der Waals surface area contributed by atoms with Gasteiger partial charge in [0.2, 0.25) is 11.8 Å². The van der Waals surface area contributed by atoms with Gasteiger partial charge >= 0.3 is 0 Å². The highest BCUT2D eigenvalue weighted by atomic mass is 16.3. The van der Waals surface area contributed by atoms with Crippen LogP contribution in [0.5, 0.6) is 0 Å². The van der Waals surface area contributed by atoms with Gasteiger partial charge in [-0.3, -0.25) is 9.59 Å². The Hall–Kier alpha value is -3.74. The predicted molar refractivity (Wildman–Crippen MR) is 248 cm³/mol. The minimum absolute atomic E-state index is 0.344. The lowest BCUT2D eigenvalue weighted by atomic mass is 9.73. The van der Waals surface area contributed by atoms with E-state index in [0.717, 1.165) is 110 Å². The molecule has 0 bridgehead atoms. The Morgan fingerprint density at radius 2 is 0.763 bits per heavy atom. The molecule has 4 aromatic rings. The molecule has 0 unspecified atom stereocenters. The third-order valence-electron chi connectivity index (χ3n) is 13.0. The molecular weight excluding hydrogens is 729 g/mol. The molecule has 4 rings (SSSR count). The van der Waals surface area contributed by atoms with Crippen molar-refractivity contribution in [3.05, 3.63) is 96.1 Å². The number of benzene rings is 4. The number of rotatable bonds is 28. The van der Waals surface area contributed by atoms with Gasteiger partial charge in [-0.1, -0.05) is 216 Å². The molecule has 0 saturated heterocycles. The molecule has 0 heterocycles. The van der Waals surface area contributed by atoms with E-state index in [0.29, 0.717) is 51.4 Å². The zero-order valence-corrected chi connectivity index (χ0v) is 37.6. The first kappa shape index (κ1) is 47.9. The van der Waals surface area contributed by atoms with Crippen molar-refractivity contribution in [3.63, 3.8) is 0 Å². The van der Waals surface area contributed by atoms with Crippen molar-refractivity contribution in [1.29, 1.82) is 0 Å². The zero-order chi connectivity index (χ0) is 42.7. The smallest absolute Gasteiger partial charge is 0.236 e. The number of aliphatic hydroxyl groups is 2. The largest absolute Gasteiger partial charge is 0.387 e. The summed E-state index contributed by atoms with van der Waals surface area (Å²) in [7, 11) is 0. The summed E-state index contributed by atoms with van der Waals surface area (Å²) >= 11 is 0. The van der Waals surface area contributed by atoms with Crippen LogP contribution in [-0.4, -0.2) is 33.2 Å². The van der Waals surface area contributed by atoms with Crippen LogP contribution in [0.15, 0.2) is 84.9 Å². The summed E-state index contributed by atoms with van der Waals surface area (Å²) in [5.41, 5.74) is -2.13. The Morgan fingerprint density at radius 1 is 0.441 bits per heavy atom. The highest BCUT2D eigenvalue weighted by Gasteiger charge is 2.50. The molecule has 0 aliphatic rings. The molecule has 0 saturated carbocycles. The van der Waals surface area contributed by atoms with Crippen LogP contribution in [0.25, 0.3) is 21.5 Å². The average molecular weight is 807 g/mol. The third kappa shape index (κ3) is 12.2. The van der Waals surface area contributed by atoms with Gasteiger partial charge in [-0.2, -0.15) is 0 Å². The molecular formula is C53H78N2O4. The third-order valence-corrected chi connectivity index (χ3v) is 13.0. The molecule has 0 aromatic heterocycles. The quantitative estimate of drug-likeness (QED) is 0.0339. The summed E-state index contributed by atoms with van der Waals surface area (Å²) in [5, 5.41) is 37.0. The SMILES string of the molecule is CCCCCC(O)(CCCCC)[C@@H](NC(=O)C(CCC)(CCC)C(=O)N[C@@H](c1cccc2ccccc12)C(O)(CCCCC)CCCCC)c1cccc2ccccc12. The molecule has 6 heteroatoms. The minimum atomic E-state index is -1.43. The minimum Gasteiger partial charge on any atom is -0.387 e. The van der Waals surface area contributed by atoms with E-state index in [2.05, 4.69) is 74.7 Å². The van der Waals surface area contributed by atoms with Crippen LogP contribution < -0.4 is 10.6 Å². The lowest BCUT2D eigenvalue weighted by Crippen LogP contribution is -2.57. The lowest BCUT2D eigenvalue weighted by molar-refractivity contribution is -0.149. The van der Waals surface area contributed by atoms with Gasteiger partial charge in [0, 0.05) is 0 Å². The molecule has 0 fully saturated rings. The Kier molecular flexibility index (Phi) is 19.4. The van der Waals surface area contributed by atoms with Crippen LogP contribution in [0.4, 0.5) is 0 Å². The monoisotopic (exact) mass is 807 g/mol. The fraction of sp³-hybridized carbons (Fsp3) is 0.585. The maximum Gasteiger partial charge on any atom is 0.236 e. The van der Waals surface area contributed by atoms with Gasteiger partial charge in [-0.15, -0.1) is 0 Å². The van der Waals surface area contributed by atoms with Crippen molar-refractivity contribution >= 4 is 33.4 Å². The number of nitrogens with one attached hydrogen (secondary N) is 2. The number of hydrogen-bond acceptors (Lipinski definition) is 4. The van der Waals surface area contributed by atoms with Gasteiger partial charge in [-0.25, -0.2) is 0 Å². The van der Waals surface area contributed by atoms with Crippen LogP contribution >= 0.6 is 0 Å². The fourth-order valence-corrected chi connectivity index (χ4v) is 9.63. The van der Waals surface area contributed by atoms with E-state index in [1.54, 1.807) is 0 Å². The summed E-state index contributed by atoms with van der Waals surface area (Å²) in [5.74, 6) is -0.698. The fourth-order valence-electron chi connectivity index (χ4n) is 9.63. The summed E-state index contributed by atoms with van der Waals surface area (Å²) in [4.78, 5) is 31.1. The number of carbonyl (C=O) groups is 2. The summed E-state index contributed by atoms with van der Waals surface area (Å²) in [6, 6.07) is 27.2. The van der Waals surface area contributed by atoms with Crippen LogP contribution in [0, 0.1) is 5.41 Å². The van der Waals surface area contributed by atoms with E-state index in [1.807, 2.05) is 62.4 Å². The second-order valence-electron chi connectivity index (χ2n) is 17.6. The number of amides is 2. The Morgan fingerprint density at radius 3 is 1.08 bits per heavy atom. The number of carbonyl (C=O) groups excluding carboxylic acids is 2. The molecule has 0 aliphatic heterocycles. The van der Waals surface area contributed by atoms with E-state index < -0.39 is 28.7 Å². The lowest BCUT2D eigenvalue weighted by Gasteiger charge is -2.43. The van der Waals surface area contributed by atoms with Crippen LogP contribution in [-0.2, 0) is 9.59 Å². The van der Waals surface area contributed by atoms with Crippen molar-refractivity contribution in [2.45, 2.75) is 193 Å². The van der Waals surface area contributed by atoms with Crippen molar-refractivity contribution in [1.82, 2.24) is 10.6 Å². The first-order valence-corrected chi connectivity index (χ1v) is 23.6. The zero-order valence-electron chi connectivity index (χ0n) is 37.6. The van der Waals surface area contributed by atoms with E-state index >= 15 is 9.59 Å². The molecule has 0 aliphatic carbocycles. The van der Waals surface area contributed by atoms with E-state index in [4.69, 9.17) is 0 Å². The Bertz CT molecular complexity index is 1700. The van der Waals surface area contributed by atoms with Gasteiger partial charge in [0.25, 0.3) is 0 Å². The second kappa shape index (κ2) is 23.9. The molecule has 0 spiro atoms. The van der Waals surface area contributed by atoms with Crippen molar-refractivity contribution in [2.75, 3.05) is 0 Å². The summed E-state index contributed by atoms with van der Waals surface area (Å²) < 4.78 is 0. The van der Waals surface area contributed by atoms with E-state index in [9.17, 15) is 10.2 Å². The van der Waals surface area contributed by atoms with Crippen LogP contribution in [0.2, 0.25) is 0 Å². The van der Waals surface area contributed by atoms with Crippen LogP contribution in [0.3, 0.4) is 0 Å². The Labute approximate surface area is 357 Å². The molecule has 0 radical (unpaired) electrons. The van der Waals surface area contributed by atoms with Gasteiger partial charge in [-0.05, 0) is 71.2 Å². The van der Waals surface area contributed by atoms with Crippen LogP contribution in [0.1, 0.15) is 193 Å². The molecule has 59 heavy (non-hydrogen) atoms. The van der Waals surface area contributed by atoms with E-state index in [1.165, 1.54) is 0 Å². The molecule has 2 amide bonds. The van der Waals surface area contributed by atoms with Crippen molar-refractivity contribution < 1.29 is 19.8 Å². The number of fused-ring (bicyclic) bond motifs is 2. The highest BCUT2D eigenvalue weighted by Crippen LogP contribution is 2.43.